The molecule has 0 aliphatic heterocycles. The Balaban J connectivity index is 2.22. The van der Waals surface area contributed by atoms with Crippen molar-refractivity contribution in [2.45, 2.75) is 46.0 Å². The summed E-state index contributed by atoms with van der Waals surface area (Å²) in [6.45, 7) is 5.91. The minimum absolute atomic E-state index is 0.885. The molecule has 78 valence electrons. The Kier molecular flexibility index (Phi) is 4.79. The summed E-state index contributed by atoms with van der Waals surface area (Å²) in [5.41, 5.74) is 0. The van der Waals surface area contributed by atoms with Gasteiger partial charge in [-0.1, -0.05) is 33.1 Å². The molecule has 1 aliphatic rings. The Morgan fingerprint density at radius 3 is 2.54 bits per heavy atom. The molecule has 0 amide bonds. The van der Waals surface area contributed by atoms with Gasteiger partial charge >= 0.3 is 0 Å². The smallest absolute Gasteiger partial charge is 0.00209 e. The fraction of sp³-hybridized carbons (Fsp3) is 1.00. The van der Waals surface area contributed by atoms with Crippen LogP contribution in [-0.4, -0.2) is 13.6 Å². The maximum Gasteiger partial charge on any atom is -0.00209 e. The lowest BCUT2D eigenvalue weighted by molar-refractivity contribution is 0.330. The zero-order chi connectivity index (χ0) is 9.68. The van der Waals surface area contributed by atoms with Crippen molar-refractivity contribution < 1.29 is 0 Å². The number of hydrogen-bond acceptors (Lipinski definition) is 1. The molecule has 2 atom stereocenters. The van der Waals surface area contributed by atoms with Crippen LogP contribution < -0.4 is 5.32 Å². The zero-order valence-electron chi connectivity index (χ0n) is 9.47. The Hall–Kier alpha value is -0.0400. The van der Waals surface area contributed by atoms with E-state index in [0.29, 0.717) is 0 Å². The van der Waals surface area contributed by atoms with Gasteiger partial charge in [-0.3, -0.25) is 0 Å². The highest BCUT2D eigenvalue weighted by Gasteiger charge is 2.25. The molecule has 0 saturated heterocycles. The second kappa shape index (κ2) is 5.64. The summed E-state index contributed by atoms with van der Waals surface area (Å²) in [5, 5.41) is 3.33. The predicted molar refractivity (Wildman–Crippen MR) is 58.8 cm³/mol. The topological polar surface area (TPSA) is 12.0 Å². The molecule has 0 aromatic carbocycles. The van der Waals surface area contributed by atoms with Crippen LogP contribution in [0.2, 0.25) is 0 Å². The molecular weight excluding hydrogens is 158 g/mol. The summed E-state index contributed by atoms with van der Waals surface area (Å²) in [7, 11) is 2.08. The van der Waals surface area contributed by atoms with Crippen LogP contribution in [-0.2, 0) is 0 Å². The van der Waals surface area contributed by atoms with Crippen molar-refractivity contribution >= 4 is 0 Å². The summed E-state index contributed by atoms with van der Waals surface area (Å²) in [5.74, 6) is 2.88. The Labute approximate surface area is 83.3 Å². The van der Waals surface area contributed by atoms with Crippen LogP contribution in [0.25, 0.3) is 0 Å². The van der Waals surface area contributed by atoms with E-state index >= 15 is 0 Å². The second-order valence-corrected chi connectivity index (χ2v) is 4.98. The minimum atomic E-state index is 0.885. The van der Waals surface area contributed by atoms with E-state index < -0.39 is 0 Å². The molecule has 2 unspecified atom stereocenters. The van der Waals surface area contributed by atoms with Crippen molar-refractivity contribution in [3.63, 3.8) is 0 Å². The summed E-state index contributed by atoms with van der Waals surface area (Å²) < 4.78 is 0. The molecule has 1 fully saturated rings. The highest BCUT2D eigenvalue weighted by atomic mass is 14.8. The van der Waals surface area contributed by atoms with Gasteiger partial charge in [-0.05, 0) is 44.2 Å². The van der Waals surface area contributed by atoms with Gasteiger partial charge in [-0.15, -0.1) is 0 Å². The summed E-state index contributed by atoms with van der Waals surface area (Å²) >= 11 is 0. The average Bonchev–Trinajstić information content (AvgIpc) is 2.49. The normalized spacial score (nSPS) is 28.6. The van der Waals surface area contributed by atoms with Crippen LogP contribution in [0.4, 0.5) is 0 Å². The maximum atomic E-state index is 3.33. The van der Waals surface area contributed by atoms with Crippen LogP contribution in [0.1, 0.15) is 46.0 Å². The van der Waals surface area contributed by atoms with Crippen LogP contribution in [0.3, 0.4) is 0 Å². The van der Waals surface area contributed by atoms with Gasteiger partial charge in [-0.25, -0.2) is 0 Å². The van der Waals surface area contributed by atoms with E-state index in [-0.39, 0.29) is 0 Å². The van der Waals surface area contributed by atoms with E-state index in [1.54, 1.807) is 0 Å². The van der Waals surface area contributed by atoms with Gasteiger partial charge in [0.2, 0.25) is 0 Å². The third-order valence-corrected chi connectivity index (χ3v) is 3.40. The molecule has 1 N–H and O–H groups in total. The first-order chi connectivity index (χ1) is 6.24. The summed E-state index contributed by atoms with van der Waals surface area (Å²) in [6, 6.07) is 0. The molecule has 0 aromatic heterocycles. The largest absolute Gasteiger partial charge is 0.319 e. The molecule has 0 spiro atoms. The van der Waals surface area contributed by atoms with Crippen LogP contribution in [0.5, 0.6) is 0 Å². The van der Waals surface area contributed by atoms with Crippen molar-refractivity contribution in [1.82, 2.24) is 5.32 Å². The predicted octanol–water partition coefficient (Wildman–Crippen LogP) is 3.06. The lowest BCUT2D eigenvalue weighted by Crippen LogP contribution is -2.22. The highest BCUT2D eigenvalue weighted by molar-refractivity contribution is 4.78. The SMILES string of the molecule is CNCC1CCCC1CCC(C)C. The lowest BCUT2D eigenvalue weighted by atomic mass is 9.89. The van der Waals surface area contributed by atoms with E-state index in [4.69, 9.17) is 0 Å². The monoisotopic (exact) mass is 183 g/mol. The average molecular weight is 183 g/mol. The Morgan fingerprint density at radius 2 is 1.92 bits per heavy atom. The summed E-state index contributed by atoms with van der Waals surface area (Å²) in [4.78, 5) is 0. The van der Waals surface area contributed by atoms with E-state index in [2.05, 4.69) is 26.2 Å². The van der Waals surface area contributed by atoms with Gasteiger partial charge in [0.15, 0.2) is 0 Å². The molecule has 1 heteroatoms. The first-order valence-corrected chi connectivity index (χ1v) is 5.88. The van der Waals surface area contributed by atoms with E-state index in [1.807, 2.05) is 0 Å². The number of rotatable bonds is 5. The van der Waals surface area contributed by atoms with Crippen LogP contribution in [0.15, 0.2) is 0 Å². The molecule has 1 nitrogen and oxygen atoms in total. The molecular formula is C12H25N. The number of nitrogens with one attached hydrogen (secondary N) is 1. The van der Waals surface area contributed by atoms with Crippen LogP contribution >= 0.6 is 0 Å². The molecule has 1 rings (SSSR count). The van der Waals surface area contributed by atoms with Gasteiger partial charge < -0.3 is 5.32 Å². The maximum absolute atomic E-state index is 3.33. The quantitative estimate of drug-likeness (QED) is 0.691. The van der Waals surface area contributed by atoms with E-state index in [9.17, 15) is 0 Å². The summed E-state index contributed by atoms with van der Waals surface area (Å²) in [6.07, 6.45) is 7.30. The van der Waals surface area contributed by atoms with Crippen LogP contribution in [0, 0.1) is 17.8 Å². The molecule has 0 aromatic rings. The fourth-order valence-corrected chi connectivity index (χ4v) is 2.57. The van der Waals surface area contributed by atoms with Gasteiger partial charge in [0.1, 0.15) is 0 Å². The first-order valence-electron chi connectivity index (χ1n) is 5.88. The molecule has 0 heterocycles. The van der Waals surface area contributed by atoms with Gasteiger partial charge in [0.25, 0.3) is 0 Å². The third-order valence-electron chi connectivity index (χ3n) is 3.40. The second-order valence-electron chi connectivity index (χ2n) is 4.98. The molecule has 0 radical (unpaired) electrons. The number of hydrogen-bond donors (Lipinski definition) is 1. The fourth-order valence-electron chi connectivity index (χ4n) is 2.57. The molecule has 1 aliphatic carbocycles. The van der Waals surface area contributed by atoms with E-state index in [0.717, 1.165) is 17.8 Å². The Bertz CT molecular complexity index is 131. The van der Waals surface area contributed by atoms with Crippen molar-refractivity contribution in [3.05, 3.63) is 0 Å². The van der Waals surface area contributed by atoms with Crippen molar-refractivity contribution in [3.8, 4) is 0 Å². The van der Waals surface area contributed by atoms with Gasteiger partial charge in [0.05, 0.1) is 0 Å². The zero-order valence-corrected chi connectivity index (χ0v) is 9.47. The van der Waals surface area contributed by atoms with Crippen molar-refractivity contribution in [2.75, 3.05) is 13.6 Å². The van der Waals surface area contributed by atoms with Gasteiger partial charge in [-0.2, -0.15) is 0 Å². The standard InChI is InChI=1S/C12H25N/c1-10(2)7-8-11-5-4-6-12(11)9-13-3/h10-13H,4-9H2,1-3H3. The third kappa shape index (κ3) is 3.68. The highest BCUT2D eigenvalue weighted by Crippen LogP contribution is 2.35. The lowest BCUT2D eigenvalue weighted by Gasteiger charge is -2.19. The molecule has 0 bridgehead atoms. The molecule has 1 saturated carbocycles. The molecule has 13 heavy (non-hydrogen) atoms. The van der Waals surface area contributed by atoms with Gasteiger partial charge in [0, 0.05) is 0 Å². The first kappa shape index (κ1) is 11.0. The Morgan fingerprint density at radius 1 is 1.23 bits per heavy atom. The van der Waals surface area contributed by atoms with Crippen molar-refractivity contribution in [1.29, 1.82) is 0 Å². The van der Waals surface area contributed by atoms with E-state index in [1.165, 1.54) is 38.6 Å². The minimum Gasteiger partial charge on any atom is -0.319 e. The van der Waals surface area contributed by atoms with Crippen molar-refractivity contribution in [2.24, 2.45) is 17.8 Å².